The van der Waals surface area contributed by atoms with Crippen LogP contribution in [0.4, 0.5) is 0 Å². The summed E-state index contributed by atoms with van der Waals surface area (Å²) in [5.41, 5.74) is 1.05. The zero-order chi connectivity index (χ0) is 20.8. The number of rotatable bonds is 8. The van der Waals surface area contributed by atoms with Crippen LogP contribution in [0.1, 0.15) is 26.3 Å². The number of amides is 1. The van der Waals surface area contributed by atoms with Crippen molar-refractivity contribution in [1.29, 1.82) is 0 Å². The van der Waals surface area contributed by atoms with E-state index in [1.807, 2.05) is 24.3 Å². The number of hydrogen-bond acceptors (Lipinski definition) is 4. The highest BCUT2D eigenvalue weighted by molar-refractivity contribution is 7.89. The average molecular weight is 405 g/mol. The number of nitrogens with one attached hydrogen (secondary N) is 1. The summed E-state index contributed by atoms with van der Waals surface area (Å²) >= 11 is 0. The summed E-state index contributed by atoms with van der Waals surface area (Å²) in [4.78, 5) is 12.3. The summed E-state index contributed by atoms with van der Waals surface area (Å²) in [7, 11) is -2.30. The van der Waals surface area contributed by atoms with Crippen LogP contribution in [0.2, 0.25) is 0 Å². The Labute approximate surface area is 167 Å². The molecule has 2 aromatic rings. The monoisotopic (exact) mass is 404 g/mol. The Bertz CT molecular complexity index is 890. The number of para-hydroxylation sites is 1. The minimum absolute atomic E-state index is 0.0473. The molecular weight excluding hydrogens is 376 g/mol. The first-order valence-corrected chi connectivity index (χ1v) is 10.6. The quantitative estimate of drug-likeness (QED) is 0.687. The van der Waals surface area contributed by atoms with Gasteiger partial charge in [-0.3, -0.25) is 4.79 Å². The summed E-state index contributed by atoms with van der Waals surface area (Å²) in [6.07, 6.45) is 0. The second-order valence-corrected chi connectivity index (χ2v) is 9.56. The fraction of sp³-hybridized carbons (Fsp3) is 0.381. The van der Waals surface area contributed by atoms with Crippen LogP contribution in [-0.2, 0) is 20.2 Å². The molecule has 0 heterocycles. The van der Waals surface area contributed by atoms with Crippen molar-refractivity contribution in [3.63, 3.8) is 0 Å². The first-order chi connectivity index (χ1) is 13.1. The molecule has 0 saturated heterocycles. The zero-order valence-electron chi connectivity index (χ0n) is 16.8. The van der Waals surface area contributed by atoms with E-state index in [1.165, 1.54) is 19.2 Å². The van der Waals surface area contributed by atoms with E-state index in [2.05, 4.69) is 26.1 Å². The van der Waals surface area contributed by atoms with E-state index in [1.54, 1.807) is 18.2 Å². The van der Waals surface area contributed by atoms with Crippen molar-refractivity contribution >= 4 is 15.9 Å². The number of carbonyl (C=O) groups is 1. The normalized spacial score (nSPS) is 12.0. The van der Waals surface area contributed by atoms with Gasteiger partial charge in [0.1, 0.15) is 12.4 Å². The third-order valence-electron chi connectivity index (χ3n) is 4.19. The van der Waals surface area contributed by atoms with Crippen LogP contribution in [0.15, 0.2) is 59.5 Å². The molecule has 152 valence electrons. The van der Waals surface area contributed by atoms with Crippen LogP contribution in [0, 0.1) is 0 Å². The van der Waals surface area contributed by atoms with Gasteiger partial charge in [-0.2, -0.15) is 4.31 Å². The van der Waals surface area contributed by atoms with Crippen molar-refractivity contribution < 1.29 is 17.9 Å². The van der Waals surface area contributed by atoms with Gasteiger partial charge in [0.2, 0.25) is 15.9 Å². The number of hydrogen-bond donors (Lipinski definition) is 1. The number of nitrogens with zero attached hydrogens (tertiary/aromatic N) is 1. The first-order valence-electron chi connectivity index (χ1n) is 9.13. The molecule has 2 aromatic carbocycles. The molecule has 1 amide bonds. The van der Waals surface area contributed by atoms with Crippen molar-refractivity contribution in [1.82, 2.24) is 9.62 Å². The molecule has 0 bridgehead atoms. The molecule has 1 N–H and O–H groups in total. The molecule has 28 heavy (non-hydrogen) atoms. The molecule has 0 radical (unpaired) electrons. The van der Waals surface area contributed by atoms with Crippen LogP contribution < -0.4 is 10.1 Å². The highest BCUT2D eigenvalue weighted by Crippen LogP contribution is 2.30. The van der Waals surface area contributed by atoms with Gasteiger partial charge in [-0.1, -0.05) is 57.2 Å². The SMILES string of the molecule is CN(CC(=O)NCCOc1ccccc1C(C)(C)C)S(=O)(=O)c1ccccc1. The Morgan fingerprint density at radius 1 is 1.04 bits per heavy atom. The van der Waals surface area contributed by atoms with Crippen LogP contribution in [-0.4, -0.2) is 45.4 Å². The van der Waals surface area contributed by atoms with Gasteiger partial charge in [-0.15, -0.1) is 0 Å². The molecule has 7 heteroatoms. The van der Waals surface area contributed by atoms with E-state index in [0.29, 0.717) is 6.61 Å². The Morgan fingerprint density at radius 3 is 2.29 bits per heavy atom. The van der Waals surface area contributed by atoms with E-state index >= 15 is 0 Å². The molecule has 0 fully saturated rings. The molecule has 2 rings (SSSR count). The maximum atomic E-state index is 12.4. The Morgan fingerprint density at radius 2 is 1.64 bits per heavy atom. The minimum atomic E-state index is -3.69. The molecule has 0 aliphatic carbocycles. The maximum Gasteiger partial charge on any atom is 0.243 e. The van der Waals surface area contributed by atoms with Crippen molar-refractivity contribution in [3.05, 3.63) is 60.2 Å². The number of carbonyl (C=O) groups excluding carboxylic acids is 1. The Kier molecular flexibility index (Phi) is 7.21. The predicted octanol–water partition coefficient (Wildman–Crippen LogP) is 2.80. The van der Waals surface area contributed by atoms with Crippen molar-refractivity contribution in [2.75, 3.05) is 26.7 Å². The van der Waals surface area contributed by atoms with Crippen molar-refractivity contribution in [3.8, 4) is 5.75 Å². The lowest BCUT2D eigenvalue weighted by atomic mass is 9.86. The Hall–Kier alpha value is -2.38. The number of sulfonamides is 1. The standard InChI is InChI=1S/C21H28N2O4S/c1-21(2,3)18-12-8-9-13-19(18)27-15-14-22-20(24)16-23(4)28(25,26)17-10-6-5-7-11-17/h5-13H,14-16H2,1-4H3,(H,22,24). The van der Waals surface area contributed by atoms with Gasteiger partial charge in [0.25, 0.3) is 0 Å². The smallest absolute Gasteiger partial charge is 0.243 e. The molecule has 0 spiro atoms. The number of likely N-dealkylation sites (N-methyl/N-ethyl adjacent to an activating group) is 1. The van der Waals surface area contributed by atoms with E-state index < -0.39 is 10.0 Å². The van der Waals surface area contributed by atoms with Gasteiger partial charge in [0.05, 0.1) is 18.0 Å². The summed E-state index contributed by atoms with van der Waals surface area (Å²) in [6, 6.07) is 15.9. The van der Waals surface area contributed by atoms with Crippen LogP contribution >= 0.6 is 0 Å². The predicted molar refractivity (Wildman–Crippen MR) is 110 cm³/mol. The van der Waals surface area contributed by atoms with E-state index in [0.717, 1.165) is 15.6 Å². The first kappa shape index (κ1) is 21.9. The summed E-state index contributed by atoms with van der Waals surface area (Å²) in [6.45, 7) is 6.67. The second kappa shape index (κ2) is 9.21. The largest absolute Gasteiger partial charge is 0.491 e. The third kappa shape index (κ3) is 5.81. The van der Waals surface area contributed by atoms with Gasteiger partial charge in [-0.25, -0.2) is 8.42 Å². The van der Waals surface area contributed by atoms with Gasteiger partial charge in [0, 0.05) is 7.05 Å². The highest BCUT2D eigenvalue weighted by Gasteiger charge is 2.22. The number of benzene rings is 2. The summed E-state index contributed by atoms with van der Waals surface area (Å²) in [5, 5.41) is 2.70. The van der Waals surface area contributed by atoms with Crippen LogP contribution in [0.25, 0.3) is 0 Å². The topological polar surface area (TPSA) is 75.7 Å². The van der Waals surface area contributed by atoms with Gasteiger partial charge < -0.3 is 10.1 Å². The zero-order valence-corrected chi connectivity index (χ0v) is 17.6. The molecule has 0 atom stereocenters. The van der Waals surface area contributed by atoms with E-state index in [9.17, 15) is 13.2 Å². The molecule has 0 saturated carbocycles. The van der Waals surface area contributed by atoms with E-state index in [-0.39, 0.29) is 29.3 Å². The summed E-state index contributed by atoms with van der Waals surface area (Å²) in [5.74, 6) is 0.405. The third-order valence-corrected chi connectivity index (χ3v) is 6.01. The lowest BCUT2D eigenvalue weighted by Gasteiger charge is -2.22. The molecular formula is C21H28N2O4S. The molecule has 0 aliphatic heterocycles. The fourth-order valence-electron chi connectivity index (χ4n) is 2.68. The maximum absolute atomic E-state index is 12.4. The van der Waals surface area contributed by atoms with Gasteiger partial charge in [0.15, 0.2) is 0 Å². The molecule has 0 unspecified atom stereocenters. The lowest BCUT2D eigenvalue weighted by Crippen LogP contribution is -2.39. The van der Waals surface area contributed by atoms with Crippen LogP contribution in [0.5, 0.6) is 5.75 Å². The fourth-order valence-corrected chi connectivity index (χ4v) is 3.83. The van der Waals surface area contributed by atoms with E-state index in [4.69, 9.17) is 4.74 Å². The highest BCUT2D eigenvalue weighted by atomic mass is 32.2. The molecule has 0 aromatic heterocycles. The van der Waals surface area contributed by atoms with Crippen LogP contribution in [0.3, 0.4) is 0 Å². The lowest BCUT2D eigenvalue weighted by molar-refractivity contribution is -0.121. The van der Waals surface area contributed by atoms with Crippen molar-refractivity contribution in [2.24, 2.45) is 0 Å². The molecule has 0 aliphatic rings. The van der Waals surface area contributed by atoms with Gasteiger partial charge >= 0.3 is 0 Å². The van der Waals surface area contributed by atoms with Gasteiger partial charge in [-0.05, 0) is 29.2 Å². The number of ether oxygens (including phenoxy) is 1. The molecule has 6 nitrogen and oxygen atoms in total. The Balaban J connectivity index is 1.84. The average Bonchev–Trinajstić information content (AvgIpc) is 2.65. The van der Waals surface area contributed by atoms with Crippen molar-refractivity contribution in [2.45, 2.75) is 31.1 Å². The second-order valence-electron chi connectivity index (χ2n) is 7.52. The summed E-state index contributed by atoms with van der Waals surface area (Å²) < 4.78 is 31.7. The minimum Gasteiger partial charge on any atom is -0.491 e.